The molecule has 0 aromatic carbocycles. The first kappa shape index (κ1) is 14.0. The van der Waals surface area contributed by atoms with E-state index in [4.69, 9.17) is 0 Å². The molecule has 2 atom stereocenters. The molecule has 0 aliphatic carbocycles. The van der Waals surface area contributed by atoms with E-state index in [1.54, 1.807) is 0 Å². The van der Waals surface area contributed by atoms with Crippen molar-refractivity contribution >= 4 is 5.91 Å². The highest BCUT2D eigenvalue weighted by Crippen LogP contribution is 2.21. The molecule has 2 N–H and O–H groups in total. The van der Waals surface area contributed by atoms with Crippen LogP contribution in [0.5, 0.6) is 0 Å². The quantitative estimate of drug-likeness (QED) is 0.871. The molecule has 4 heteroatoms. The van der Waals surface area contributed by atoms with Crippen molar-refractivity contribution in [1.82, 2.24) is 15.6 Å². The third-order valence-corrected chi connectivity index (χ3v) is 3.77. The van der Waals surface area contributed by atoms with E-state index in [1.165, 1.54) is 11.1 Å². The molecule has 1 saturated heterocycles. The first-order valence-electron chi connectivity index (χ1n) is 6.95. The summed E-state index contributed by atoms with van der Waals surface area (Å²) in [6, 6.07) is 2.65. The number of nitrogens with one attached hydrogen (secondary N) is 2. The van der Waals surface area contributed by atoms with Crippen LogP contribution in [-0.4, -0.2) is 23.5 Å². The molecule has 1 aromatic rings. The van der Waals surface area contributed by atoms with Gasteiger partial charge in [-0.15, -0.1) is 0 Å². The van der Waals surface area contributed by atoms with E-state index < -0.39 is 0 Å². The Bertz CT molecular complexity index is 461. The van der Waals surface area contributed by atoms with Crippen molar-refractivity contribution in [1.29, 1.82) is 0 Å². The van der Waals surface area contributed by atoms with Crippen molar-refractivity contribution in [2.75, 3.05) is 6.54 Å². The molecule has 0 bridgehead atoms. The van der Waals surface area contributed by atoms with E-state index >= 15 is 0 Å². The molecule has 1 amide bonds. The van der Waals surface area contributed by atoms with E-state index in [9.17, 15) is 4.79 Å². The van der Waals surface area contributed by atoms with Gasteiger partial charge in [-0.05, 0) is 51.3 Å². The maximum atomic E-state index is 11.2. The SMILES string of the molecule is Cc1cc(C)c(C(C)NCC2CCC(=O)N2)c(C)n1. The molecule has 1 fully saturated rings. The van der Waals surface area contributed by atoms with Crippen LogP contribution in [0.2, 0.25) is 0 Å². The molecule has 2 unspecified atom stereocenters. The fourth-order valence-electron chi connectivity index (χ4n) is 2.94. The summed E-state index contributed by atoms with van der Waals surface area (Å²) in [7, 11) is 0. The smallest absolute Gasteiger partial charge is 0.220 e. The van der Waals surface area contributed by atoms with Gasteiger partial charge in [0.25, 0.3) is 0 Å². The number of hydrogen-bond donors (Lipinski definition) is 2. The normalized spacial score (nSPS) is 20.4. The fourth-order valence-corrected chi connectivity index (χ4v) is 2.94. The van der Waals surface area contributed by atoms with Crippen LogP contribution in [0, 0.1) is 20.8 Å². The second-order valence-electron chi connectivity index (χ2n) is 5.51. The summed E-state index contributed by atoms with van der Waals surface area (Å²) in [5.74, 6) is 0.170. The molecule has 4 nitrogen and oxygen atoms in total. The van der Waals surface area contributed by atoms with Gasteiger partial charge < -0.3 is 10.6 Å². The molecule has 104 valence electrons. The lowest BCUT2D eigenvalue weighted by Crippen LogP contribution is -2.37. The third kappa shape index (κ3) is 3.32. The Morgan fingerprint density at radius 3 is 2.79 bits per heavy atom. The Kier molecular flexibility index (Phi) is 4.20. The van der Waals surface area contributed by atoms with Crippen LogP contribution in [0.1, 0.15) is 48.3 Å². The number of aryl methyl sites for hydroxylation is 3. The zero-order chi connectivity index (χ0) is 14.0. The second kappa shape index (κ2) is 5.70. The topological polar surface area (TPSA) is 54.0 Å². The van der Waals surface area contributed by atoms with Crippen molar-refractivity contribution in [2.24, 2.45) is 0 Å². The number of rotatable bonds is 4. The van der Waals surface area contributed by atoms with Crippen LogP contribution in [0.4, 0.5) is 0 Å². The molecule has 1 aliphatic heterocycles. The van der Waals surface area contributed by atoms with Gasteiger partial charge in [0.2, 0.25) is 5.91 Å². The summed E-state index contributed by atoms with van der Waals surface area (Å²) in [4.78, 5) is 15.7. The van der Waals surface area contributed by atoms with Crippen LogP contribution < -0.4 is 10.6 Å². The average Bonchev–Trinajstić information content (AvgIpc) is 2.71. The lowest BCUT2D eigenvalue weighted by molar-refractivity contribution is -0.119. The van der Waals surface area contributed by atoms with Crippen molar-refractivity contribution in [3.05, 3.63) is 28.6 Å². The third-order valence-electron chi connectivity index (χ3n) is 3.77. The first-order chi connectivity index (χ1) is 8.97. The summed E-state index contributed by atoms with van der Waals surface area (Å²) in [5, 5.41) is 6.49. The largest absolute Gasteiger partial charge is 0.352 e. The Labute approximate surface area is 115 Å². The van der Waals surface area contributed by atoms with Crippen molar-refractivity contribution in [3.63, 3.8) is 0 Å². The number of carbonyl (C=O) groups is 1. The van der Waals surface area contributed by atoms with E-state index in [1.807, 2.05) is 6.92 Å². The van der Waals surface area contributed by atoms with Crippen LogP contribution >= 0.6 is 0 Å². The summed E-state index contributed by atoms with van der Waals surface area (Å²) in [6.45, 7) is 9.19. The summed E-state index contributed by atoms with van der Waals surface area (Å²) in [5.41, 5.74) is 4.71. The maximum absolute atomic E-state index is 11.2. The van der Waals surface area contributed by atoms with E-state index in [0.717, 1.165) is 24.4 Å². The molecule has 0 spiro atoms. The van der Waals surface area contributed by atoms with E-state index in [2.05, 4.69) is 42.5 Å². The van der Waals surface area contributed by atoms with Crippen molar-refractivity contribution < 1.29 is 4.79 Å². The molecule has 1 aliphatic rings. The predicted octanol–water partition coefficient (Wildman–Crippen LogP) is 1.94. The highest BCUT2D eigenvalue weighted by atomic mass is 16.1. The van der Waals surface area contributed by atoms with Gasteiger partial charge >= 0.3 is 0 Å². The monoisotopic (exact) mass is 261 g/mol. The van der Waals surface area contributed by atoms with Gasteiger partial charge in [0.15, 0.2) is 0 Å². The summed E-state index contributed by atoms with van der Waals surface area (Å²) in [6.07, 6.45) is 1.59. The Hall–Kier alpha value is -1.42. The van der Waals surface area contributed by atoms with Gasteiger partial charge in [-0.3, -0.25) is 9.78 Å². The number of carbonyl (C=O) groups excluding carboxylic acids is 1. The number of aromatic nitrogens is 1. The number of pyridine rings is 1. The molecular formula is C15H23N3O. The van der Waals surface area contributed by atoms with Gasteiger partial charge in [0, 0.05) is 36.4 Å². The highest BCUT2D eigenvalue weighted by molar-refractivity contribution is 5.78. The lowest BCUT2D eigenvalue weighted by atomic mass is 10.00. The van der Waals surface area contributed by atoms with Gasteiger partial charge in [-0.25, -0.2) is 0 Å². The minimum atomic E-state index is 0.170. The zero-order valence-corrected chi connectivity index (χ0v) is 12.2. The van der Waals surface area contributed by atoms with Crippen LogP contribution in [0.15, 0.2) is 6.07 Å². The Balaban J connectivity index is 2.00. The van der Waals surface area contributed by atoms with Gasteiger partial charge in [-0.2, -0.15) is 0 Å². The van der Waals surface area contributed by atoms with Crippen molar-refractivity contribution in [3.8, 4) is 0 Å². The maximum Gasteiger partial charge on any atom is 0.220 e. The Morgan fingerprint density at radius 2 is 2.21 bits per heavy atom. The van der Waals surface area contributed by atoms with E-state index in [0.29, 0.717) is 6.42 Å². The molecule has 19 heavy (non-hydrogen) atoms. The highest BCUT2D eigenvalue weighted by Gasteiger charge is 2.21. The standard InChI is InChI=1S/C15H23N3O/c1-9-7-10(2)17-12(4)15(9)11(3)16-8-13-5-6-14(19)18-13/h7,11,13,16H,5-6,8H2,1-4H3,(H,18,19). The number of amides is 1. The molecule has 1 aromatic heterocycles. The van der Waals surface area contributed by atoms with Crippen LogP contribution in [0.3, 0.4) is 0 Å². The minimum absolute atomic E-state index is 0.170. The minimum Gasteiger partial charge on any atom is -0.352 e. The second-order valence-corrected chi connectivity index (χ2v) is 5.51. The molecule has 0 saturated carbocycles. The van der Waals surface area contributed by atoms with Gasteiger partial charge in [-0.1, -0.05) is 0 Å². The van der Waals surface area contributed by atoms with Gasteiger partial charge in [0.05, 0.1) is 0 Å². The lowest BCUT2D eigenvalue weighted by Gasteiger charge is -2.21. The van der Waals surface area contributed by atoms with Crippen LogP contribution in [0.25, 0.3) is 0 Å². The molecule has 2 rings (SSSR count). The zero-order valence-electron chi connectivity index (χ0n) is 12.2. The first-order valence-corrected chi connectivity index (χ1v) is 6.95. The molecular weight excluding hydrogens is 238 g/mol. The summed E-state index contributed by atoms with van der Waals surface area (Å²) >= 11 is 0. The number of hydrogen-bond acceptors (Lipinski definition) is 3. The molecule has 2 heterocycles. The van der Waals surface area contributed by atoms with Crippen LogP contribution in [-0.2, 0) is 4.79 Å². The molecule has 0 radical (unpaired) electrons. The van der Waals surface area contributed by atoms with Crippen molar-refractivity contribution in [2.45, 2.75) is 52.6 Å². The predicted molar refractivity (Wildman–Crippen MR) is 76.0 cm³/mol. The summed E-state index contributed by atoms with van der Waals surface area (Å²) < 4.78 is 0. The average molecular weight is 261 g/mol. The Morgan fingerprint density at radius 1 is 1.47 bits per heavy atom. The fraction of sp³-hybridized carbons (Fsp3) is 0.600. The number of nitrogens with zero attached hydrogens (tertiary/aromatic N) is 1. The van der Waals surface area contributed by atoms with E-state index in [-0.39, 0.29) is 18.0 Å². The van der Waals surface area contributed by atoms with Gasteiger partial charge in [0.1, 0.15) is 0 Å².